The molecule has 0 saturated carbocycles. The Bertz CT molecular complexity index is 1150. The summed E-state index contributed by atoms with van der Waals surface area (Å²) in [6.07, 6.45) is 2.61. The number of pyridine rings is 1. The van der Waals surface area contributed by atoms with Crippen molar-refractivity contribution in [2.24, 2.45) is 0 Å². The lowest BCUT2D eigenvalue weighted by Gasteiger charge is -2.19. The summed E-state index contributed by atoms with van der Waals surface area (Å²) < 4.78 is 33.0. The summed E-state index contributed by atoms with van der Waals surface area (Å²) in [5, 5.41) is 2.93. The van der Waals surface area contributed by atoms with Crippen molar-refractivity contribution >= 4 is 27.7 Å². The van der Waals surface area contributed by atoms with Crippen LogP contribution in [0.15, 0.2) is 65.8 Å². The smallest absolute Gasteiger partial charge is 0.407 e. The van der Waals surface area contributed by atoms with E-state index < -0.39 is 21.7 Å². The fourth-order valence-electron chi connectivity index (χ4n) is 2.88. The topological polar surface area (TPSA) is 90.3 Å². The molecule has 3 rings (SSSR count). The summed E-state index contributed by atoms with van der Waals surface area (Å²) in [7, 11) is -3.90. The molecule has 0 atom stereocenters. The van der Waals surface area contributed by atoms with Gasteiger partial charge in [0.2, 0.25) is 0 Å². The van der Waals surface area contributed by atoms with Gasteiger partial charge in [-0.3, -0.25) is 0 Å². The SMILES string of the molecule is CC(C)(C)NC(=O)OCCc1cc(-c2ccccc2)n(S(=O)(=O)c2ccc(Cl)nc2)c1. The second-order valence-corrected chi connectivity index (χ2v) is 10.2. The molecule has 2 heterocycles. The minimum absolute atomic E-state index is 0.0250. The molecule has 1 aromatic carbocycles. The summed E-state index contributed by atoms with van der Waals surface area (Å²) >= 11 is 5.80. The number of nitrogens with one attached hydrogen (secondary N) is 1. The van der Waals surface area contributed by atoms with Crippen LogP contribution in [0, 0.1) is 0 Å². The number of ether oxygens (including phenoxy) is 1. The molecule has 0 aliphatic carbocycles. The number of amides is 1. The number of nitrogens with zero attached hydrogens (tertiary/aromatic N) is 2. The lowest BCUT2D eigenvalue weighted by atomic mass is 10.1. The van der Waals surface area contributed by atoms with Gasteiger partial charge in [0.15, 0.2) is 0 Å². The molecule has 2 aromatic heterocycles. The van der Waals surface area contributed by atoms with Crippen LogP contribution >= 0.6 is 11.6 Å². The molecular weight excluding hydrogens is 438 g/mol. The van der Waals surface area contributed by atoms with Crippen molar-refractivity contribution in [1.29, 1.82) is 0 Å². The fraction of sp³-hybridized carbons (Fsp3) is 0.273. The van der Waals surface area contributed by atoms with Gasteiger partial charge in [-0.05, 0) is 50.1 Å². The van der Waals surface area contributed by atoms with E-state index in [2.05, 4.69) is 10.3 Å². The van der Waals surface area contributed by atoms with Crippen molar-refractivity contribution in [1.82, 2.24) is 14.3 Å². The summed E-state index contributed by atoms with van der Waals surface area (Å²) in [5.74, 6) is 0. The average molecular weight is 462 g/mol. The van der Waals surface area contributed by atoms with Gasteiger partial charge in [-0.15, -0.1) is 0 Å². The number of halogens is 1. The third kappa shape index (κ3) is 5.86. The first-order chi connectivity index (χ1) is 14.6. The number of hydrogen-bond donors (Lipinski definition) is 1. The van der Waals surface area contributed by atoms with Gasteiger partial charge in [0.1, 0.15) is 10.0 Å². The summed E-state index contributed by atoms with van der Waals surface area (Å²) in [5.41, 5.74) is 1.56. The molecule has 0 unspecified atom stereocenters. The van der Waals surface area contributed by atoms with E-state index in [9.17, 15) is 13.2 Å². The highest BCUT2D eigenvalue weighted by Crippen LogP contribution is 2.27. The van der Waals surface area contributed by atoms with Crippen molar-refractivity contribution in [2.45, 2.75) is 37.6 Å². The zero-order chi connectivity index (χ0) is 22.6. The normalized spacial score (nSPS) is 11.9. The van der Waals surface area contributed by atoms with Gasteiger partial charge in [-0.2, -0.15) is 0 Å². The Kier molecular flexibility index (Phi) is 6.71. The molecule has 3 aromatic rings. The van der Waals surface area contributed by atoms with Gasteiger partial charge in [0.25, 0.3) is 10.0 Å². The zero-order valence-electron chi connectivity index (χ0n) is 17.5. The monoisotopic (exact) mass is 461 g/mol. The van der Waals surface area contributed by atoms with Crippen LogP contribution in [-0.2, 0) is 21.2 Å². The van der Waals surface area contributed by atoms with Gasteiger partial charge in [0.05, 0.1) is 12.3 Å². The number of aromatic nitrogens is 2. The lowest BCUT2D eigenvalue weighted by molar-refractivity contribution is 0.139. The van der Waals surface area contributed by atoms with E-state index in [0.29, 0.717) is 17.7 Å². The van der Waals surface area contributed by atoms with E-state index in [0.717, 1.165) is 5.56 Å². The number of hydrogen-bond acceptors (Lipinski definition) is 5. The molecule has 31 heavy (non-hydrogen) atoms. The van der Waals surface area contributed by atoms with Crippen LogP contribution in [0.1, 0.15) is 26.3 Å². The maximum atomic E-state index is 13.3. The van der Waals surface area contributed by atoms with Crippen LogP contribution in [-0.4, -0.2) is 35.6 Å². The first kappa shape index (κ1) is 22.8. The number of alkyl carbamates (subject to hydrolysis) is 1. The number of carbonyl (C=O) groups is 1. The van der Waals surface area contributed by atoms with Gasteiger partial charge in [-0.1, -0.05) is 41.9 Å². The predicted octanol–water partition coefficient (Wildman–Crippen LogP) is 4.51. The van der Waals surface area contributed by atoms with E-state index in [-0.39, 0.29) is 16.7 Å². The minimum atomic E-state index is -3.90. The van der Waals surface area contributed by atoms with Gasteiger partial charge < -0.3 is 10.1 Å². The van der Waals surface area contributed by atoms with Crippen molar-refractivity contribution in [3.05, 3.63) is 71.6 Å². The summed E-state index contributed by atoms with van der Waals surface area (Å²) in [6, 6.07) is 13.8. The Hall–Kier alpha value is -2.84. The Morgan fingerprint density at radius 2 is 1.87 bits per heavy atom. The second kappa shape index (κ2) is 9.11. The van der Waals surface area contributed by atoms with Crippen LogP contribution in [0.3, 0.4) is 0 Å². The maximum absolute atomic E-state index is 13.3. The van der Waals surface area contributed by atoms with Crippen LogP contribution in [0.25, 0.3) is 11.3 Å². The van der Waals surface area contributed by atoms with Gasteiger partial charge in [0, 0.05) is 24.4 Å². The Labute approximate surface area is 187 Å². The lowest BCUT2D eigenvalue weighted by Crippen LogP contribution is -2.41. The largest absolute Gasteiger partial charge is 0.449 e. The third-order valence-electron chi connectivity index (χ3n) is 4.27. The van der Waals surface area contributed by atoms with Crippen molar-refractivity contribution in [3.8, 4) is 11.3 Å². The van der Waals surface area contributed by atoms with Crippen molar-refractivity contribution < 1.29 is 17.9 Å². The first-order valence-electron chi connectivity index (χ1n) is 9.65. The predicted molar refractivity (Wildman–Crippen MR) is 120 cm³/mol. The minimum Gasteiger partial charge on any atom is -0.449 e. The van der Waals surface area contributed by atoms with E-state index >= 15 is 0 Å². The highest BCUT2D eigenvalue weighted by molar-refractivity contribution is 7.90. The number of benzene rings is 1. The Balaban J connectivity index is 1.89. The molecule has 0 bridgehead atoms. The highest BCUT2D eigenvalue weighted by Gasteiger charge is 2.22. The number of carbonyl (C=O) groups excluding carboxylic acids is 1. The molecule has 7 nitrogen and oxygen atoms in total. The second-order valence-electron chi connectivity index (χ2n) is 7.98. The maximum Gasteiger partial charge on any atom is 0.407 e. The van der Waals surface area contributed by atoms with E-state index in [1.54, 1.807) is 6.07 Å². The van der Waals surface area contributed by atoms with Crippen LogP contribution in [0.4, 0.5) is 4.79 Å². The number of rotatable bonds is 6. The molecule has 0 saturated heterocycles. The van der Waals surface area contributed by atoms with Crippen LogP contribution in [0.5, 0.6) is 0 Å². The average Bonchev–Trinajstić information content (AvgIpc) is 3.13. The molecule has 0 aliphatic rings. The molecule has 0 aliphatic heterocycles. The highest BCUT2D eigenvalue weighted by atomic mass is 35.5. The van der Waals surface area contributed by atoms with Gasteiger partial charge >= 0.3 is 6.09 Å². The van der Waals surface area contributed by atoms with E-state index in [4.69, 9.17) is 16.3 Å². The Morgan fingerprint density at radius 3 is 2.48 bits per heavy atom. The van der Waals surface area contributed by atoms with Crippen molar-refractivity contribution in [2.75, 3.05) is 6.61 Å². The molecule has 0 radical (unpaired) electrons. The van der Waals surface area contributed by atoms with Gasteiger partial charge in [-0.25, -0.2) is 22.2 Å². The molecule has 0 spiro atoms. The fourth-order valence-corrected chi connectivity index (χ4v) is 4.34. The zero-order valence-corrected chi connectivity index (χ0v) is 19.1. The van der Waals surface area contributed by atoms with Crippen LogP contribution in [0.2, 0.25) is 5.15 Å². The standard InChI is InChI=1S/C22H24ClN3O4S/c1-22(2,3)25-21(27)30-12-11-16-13-19(17-7-5-4-6-8-17)26(15-16)31(28,29)18-9-10-20(23)24-14-18/h4-10,13-15H,11-12H2,1-3H3,(H,25,27). The Morgan fingerprint density at radius 1 is 1.16 bits per heavy atom. The molecule has 1 amide bonds. The van der Waals surface area contributed by atoms with Crippen molar-refractivity contribution in [3.63, 3.8) is 0 Å². The van der Waals surface area contributed by atoms with E-state index in [1.807, 2.05) is 51.1 Å². The van der Waals surface area contributed by atoms with Crippen LogP contribution < -0.4 is 5.32 Å². The third-order valence-corrected chi connectivity index (χ3v) is 6.15. The molecular formula is C22H24ClN3O4S. The molecule has 164 valence electrons. The molecule has 9 heteroatoms. The summed E-state index contributed by atoms with van der Waals surface area (Å²) in [6.45, 7) is 5.69. The van der Waals surface area contributed by atoms with E-state index in [1.165, 1.54) is 28.5 Å². The first-order valence-corrected chi connectivity index (χ1v) is 11.5. The summed E-state index contributed by atoms with van der Waals surface area (Å²) in [4.78, 5) is 15.8. The molecule has 1 N–H and O–H groups in total. The molecule has 0 fully saturated rings. The quantitative estimate of drug-likeness (QED) is 0.545.